The van der Waals surface area contributed by atoms with E-state index in [0.29, 0.717) is 12.4 Å². The van der Waals surface area contributed by atoms with Gasteiger partial charge in [0.05, 0.1) is 12.0 Å². The molecule has 0 aromatic carbocycles. The number of nitrogens with one attached hydrogen (secondary N) is 1. The lowest BCUT2D eigenvalue weighted by Gasteiger charge is -2.06. The molecule has 0 spiro atoms. The van der Waals surface area contributed by atoms with Gasteiger partial charge in [0.15, 0.2) is 0 Å². The van der Waals surface area contributed by atoms with Crippen LogP contribution in [0.3, 0.4) is 0 Å². The maximum Gasteiger partial charge on any atom is 0.223 e. The number of rotatable bonds is 3. The van der Waals surface area contributed by atoms with Crippen molar-refractivity contribution in [3.8, 4) is 6.07 Å². The monoisotopic (exact) mass is 211 g/mol. The molecule has 0 amide bonds. The average molecular weight is 212 g/mol. The standard InChI is InChI=1S/C8H10ClN5/c1-5(3-10)4-12-7-2-6(9)13-8(11)14-7/h2,5H,4H2,1H3,(H3,11,12,13,14). The molecule has 0 aliphatic carbocycles. The Morgan fingerprint density at radius 3 is 3.00 bits per heavy atom. The molecule has 74 valence electrons. The zero-order valence-corrected chi connectivity index (χ0v) is 8.41. The normalized spacial score (nSPS) is 11.8. The van der Waals surface area contributed by atoms with Crippen molar-refractivity contribution in [1.29, 1.82) is 5.26 Å². The summed E-state index contributed by atoms with van der Waals surface area (Å²) in [5.74, 6) is 0.555. The molecule has 1 aromatic rings. The second-order valence-electron chi connectivity index (χ2n) is 2.85. The smallest absolute Gasteiger partial charge is 0.223 e. The van der Waals surface area contributed by atoms with Gasteiger partial charge >= 0.3 is 0 Å². The van der Waals surface area contributed by atoms with Crippen LogP contribution in [-0.2, 0) is 0 Å². The average Bonchev–Trinajstić information content (AvgIpc) is 2.12. The fourth-order valence-electron chi connectivity index (χ4n) is 0.829. The highest BCUT2D eigenvalue weighted by molar-refractivity contribution is 6.29. The summed E-state index contributed by atoms with van der Waals surface area (Å²) in [6.45, 7) is 2.31. The molecule has 0 aliphatic rings. The second-order valence-corrected chi connectivity index (χ2v) is 3.23. The highest BCUT2D eigenvalue weighted by Gasteiger charge is 2.02. The molecule has 0 radical (unpaired) electrons. The van der Waals surface area contributed by atoms with Gasteiger partial charge in [0.25, 0.3) is 0 Å². The predicted molar refractivity (Wildman–Crippen MR) is 54.7 cm³/mol. The first-order valence-electron chi connectivity index (χ1n) is 4.05. The van der Waals surface area contributed by atoms with Crippen molar-refractivity contribution in [3.05, 3.63) is 11.2 Å². The zero-order chi connectivity index (χ0) is 10.6. The lowest BCUT2D eigenvalue weighted by molar-refractivity contribution is 0.783. The molecule has 1 heterocycles. The Morgan fingerprint density at radius 2 is 2.43 bits per heavy atom. The number of hydrogen-bond donors (Lipinski definition) is 2. The van der Waals surface area contributed by atoms with Gasteiger partial charge < -0.3 is 11.1 Å². The summed E-state index contributed by atoms with van der Waals surface area (Å²) in [5.41, 5.74) is 5.39. The number of anilines is 2. The topological polar surface area (TPSA) is 87.6 Å². The summed E-state index contributed by atoms with van der Waals surface area (Å²) in [7, 11) is 0. The van der Waals surface area contributed by atoms with E-state index < -0.39 is 0 Å². The van der Waals surface area contributed by atoms with Crippen LogP contribution in [0.4, 0.5) is 11.8 Å². The predicted octanol–water partition coefficient (Wildman–Crippen LogP) is 1.28. The van der Waals surface area contributed by atoms with Crippen molar-refractivity contribution in [1.82, 2.24) is 9.97 Å². The van der Waals surface area contributed by atoms with E-state index in [4.69, 9.17) is 22.6 Å². The Labute approximate surface area is 86.9 Å². The minimum absolute atomic E-state index is 0.0926. The van der Waals surface area contributed by atoms with Gasteiger partial charge in [-0.2, -0.15) is 10.2 Å². The van der Waals surface area contributed by atoms with Crippen LogP contribution in [0, 0.1) is 17.2 Å². The molecule has 0 saturated carbocycles. The Kier molecular flexibility index (Phi) is 3.48. The van der Waals surface area contributed by atoms with Gasteiger partial charge in [-0.3, -0.25) is 0 Å². The summed E-state index contributed by atoms with van der Waals surface area (Å²) in [6, 6.07) is 3.65. The van der Waals surface area contributed by atoms with Crippen LogP contribution in [0.15, 0.2) is 6.07 Å². The third kappa shape index (κ3) is 3.07. The van der Waals surface area contributed by atoms with Gasteiger partial charge in [-0.15, -0.1) is 0 Å². The molecule has 1 unspecified atom stereocenters. The number of nitrogens with zero attached hydrogens (tertiary/aromatic N) is 3. The van der Waals surface area contributed by atoms with Crippen molar-refractivity contribution in [2.24, 2.45) is 5.92 Å². The van der Waals surface area contributed by atoms with Crippen LogP contribution in [0.2, 0.25) is 5.15 Å². The molecule has 1 rings (SSSR count). The third-order valence-corrected chi connectivity index (χ3v) is 1.72. The van der Waals surface area contributed by atoms with Gasteiger partial charge in [-0.25, -0.2) is 4.98 Å². The zero-order valence-electron chi connectivity index (χ0n) is 7.66. The van der Waals surface area contributed by atoms with E-state index in [-0.39, 0.29) is 17.0 Å². The molecular formula is C8H10ClN5. The van der Waals surface area contributed by atoms with Gasteiger partial charge in [-0.05, 0) is 6.92 Å². The largest absolute Gasteiger partial charge is 0.369 e. The Bertz CT molecular complexity index is 339. The van der Waals surface area contributed by atoms with Crippen molar-refractivity contribution in [2.45, 2.75) is 6.92 Å². The fraction of sp³-hybridized carbons (Fsp3) is 0.375. The molecule has 5 nitrogen and oxygen atoms in total. The Morgan fingerprint density at radius 1 is 1.71 bits per heavy atom. The van der Waals surface area contributed by atoms with Crippen LogP contribution in [0.25, 0.3) is 0 Å². The SMILES string of the molecule is CC(C#N)CNc1cc(Cl)nc(N)n1. The highest BCUT2D eigenvalue weighted by atomic mass is 35.5. The summed E-state index contributed by atoms with van der Waals surface area (Å²) in [6.07, 6.45) is 0. The molecule has 6 heteroatoms. The van der Waals surface area contributed by atoms with E-state index in [1.807, 2.05) is 0 Å². The van der Waals surface area contributed by atoms with Crippen LogP contribution in [-0.4, -0.2) is 16.5 Å². The minimum Gasteiger partial charge on any atom is -0.369 e. The molecule has 0 fully saturated rings. The summed E-state index contributed by atoms with van der Waals surface area (Å²) in [4.78, 5) is 7.61. The van der Waals surface area contributed by atoms with E-state index >= 15 is 0 Å². The number of halogens is 1. The van der Waals surface area contributed by atoms with E-state index in [2.05, 4.69) is 21.4 Å². The lowest BCUT2D eigenvalue weighted by atomic mass is 10.2. The maximum atomic E-state index is 8.55. The highest BCUT2D eigenvalue weighted by Crippen LogP contribution is 2.12. The lowest BCUT2D eigenvalue weighted by Crippen LogP contribution is -2.11. The number of hydrogen-bond acceptors (Lipinski definition) is 5. The minimum atomic E-state index is -0.0926. The molecule has 14 heavy (non-hydrogen) atoms. The number of nitriles is 1. The van der Waals surface area contributed by atoms with Crippen LogP contribution in [0.5, 0.6) is 0 Å². The summed E-state index contributed by atoms with van der Waals surface area (Å²) >= 11 is 5.66. The quantitative estimate of drug-likeness (QED) is 0.736. The summed E-state index contributed by atoms with van der Waals surface area (Å²) < 4.78 is 0. The Balaban J connectivity index is 2.64. The molecular weight excluding hydrogens is 202 g/mol. The first kappa shape index (κ1) is 10.5. The molecule has 1 aromatic heterocycles. The number of nitrogen functional groups attached to an aromatic ring is 1. The number of nitrogens with two attached hydrogens (primary N) is 1. The Hall–Kier alpha value is -1.54. The van der Waals surface area contributed by atoms with E-state index in [1.54, 1.807) is 13.0 Å². The molecule has 0 aliphatic heterocycles. The van der Waals surface area contributed by atoms with Crippen molar-refractivity contribution in [2.75, 3.05) is 17.6 Å². The van der Waals surface area contributed by atoms with Gasteiger partial charge in [0.2, 0.25) is 5.95 Å². The van der Waals surface area contributed by atoms with Crippen molar-refractivity contribution >= 4 is 23.4 Å². The summed E-state index contributed by atoms with van der Waals surface area (Å²) in [5, 5.41) is 11.8. The molecule has 1 atom stereocenters. The second kappa shape index (κ2) is 4.63. The van der Waals surface area contributed by atoms with Gasteiger partial charge in [-0.1, -0.05) is 11.6 Å². The fourth-order valence-corrected chi connectivity index (χ4v) is 1.02. The van der Waals surface area contributed by atoms with E-state index in [0.717, 1.165) is 0 Å². The van der Waals surface area contributed by atoms with Gasteiger partial charge in [0.1, 0.15) is 11.0 Å². The molecule has 3 N–H and O–H groups in total. The number of aromatic nitrogens is 2. The van der Waals surface area contributed by atoms with Gasteiger partial charge in [0, 0.05) is 12.6 Å². The first-order valence-corrected chi connectivity index (χ1v) is 4.43. The van der Waals surface area contributed by atoms with Crippen molar-refractivity contribution in [3.63, 3.8) is 0 Å². The van der Waals surface area contributed by atoms with E-state index in [9.17, 15) is 0 Å². The third-order valence-electron chi connectivity index (χ3n) is 1.52. The first-order chi connectivity index (χ1) is 6.61. The maximum absolute atomic E-state index is 8.55. The van der Waals surface area contributed by atoms with Crippen LogP contribution >= 0.6 is 11.6 Å². The van der Waals surface area contributed by atoms with Crippen LogP contribution < -0.4 is 11.1 Å². The van der Waals surface area contributed by atoms with Crippen LogP contribution in [0.1, 0.15) is 6.92 Å². The van der Waals surface area contributed by atoms with Crippen molar-refractivity contribution < 1.29 is 0 Å². The van der Waals surface area contributed by atoms with E-state index in [1.165, 1.54) is 0 Å². The molecule has 0 bridgehead atoms. The molecule has 0 saturated heterocycles.